The summed E-state index contributed by atoms with van der Waals surface area (Å²) in [5.74, 6) is -0.408. The van der Waals surface area contributed by atoms with Crippen LogP contribution in [0.15, 0.2) is 83.8 Å². The van der Waals surface area contributed by atoms with Gasteiger partial charge in [-0.15, -0.1) is 11.8 Å². The highest BCUT2D eigenvalue weighted by Crippen LogP contribution is 2.22. The summed E-state index contributed by atoms with van der Waals surface area (Å²) in [6.07, 6.45) is 0.347. The lowest BCUT2D eigenvalue weighted by atomic mass is 10.0. The predicted octanol–water partition coefficient (Wildman–Crippen LogP) is 5.64. The van der Waals surface area contributed by atoms with Crippen LogP contribution in [0.2, 0.25) is 0 Å². The SMILES string of the molecule is Cc1ccc(SCC(=O)N(Cc2ccccc2F)C(Cc2ccccc2)C(=O)NCC(C)C)cc1. The van der Waals surface area contributed by atoms with Crippen molar-refractivity contribution in [2.45, 2.75) is 44.7 Å². The van der Waals surface area contributed by atoms with Gasteiger partial charge in [0.1, 0.15) is 11.9 Å². The Morgan fingerprint density at radius 2 is 1.60 bits per heavy atom. The molecule has 0 aliphatic rings. The monoisotopic (exact) mass is 492 g/mol. The molecule has 0 saturated heterocycles. The van der Waals surface area contributed by atoms with E-state index in [2.05, 4.69) is 5.32 Å². The lowest BCUT2D eigenvalue weighted by Gasteiger charge is -2.32. The molecule has 0 fully saturated rings. The lowest BCUT2D eigenvalue weighted by Crippen LogP contribution is -2.51. The Kier molecular flexibility index (Phi) is 9.91. The molecule has 3 aromatic carbocycles. The Hall–Kier alpha value is -3.12. The van der Waals surface area contributed by atoms with Crippen LogP contribution in [-0.2, 0) is 22.6 Å². The number of nitrogens with one attached hydrogen (secondary N) is 1. The molecule has 2 amide bonds. The van der Waals surface area contributed by atoms with E-state index in [0.29, 0.717) is 18.5 Å². The number of amides is 2. The molecule has 1 unspecified atom stereocenters. The normalized spacial score (nSPS) is 11.8. The third-order valence-corrected chi connectivity index (χ3v) is 6.63. The van der Waals surface area contributed by atoms with E-state index < -0.39 is 11.9 Å². The molecule has 184 valence electrons. The maximum atomic E-state index is 14.6. The number of hydrogen-bond donors (Lipinski definition) is 1. The third kappa shape index (κ3) is 8.25. The minimum absolute atomic E-state index is 0.0204. The number of halogens is 1. The number of nitrogens with zero attached hydrogens (tertiary/aromatic N) is 1. The second-order valence-electron chi connectivity index (χ2n) is 9.06. The fourth-order valence-electron chi connectivity index (χ4n) is 3.65. The van der Waals surface area contributed by atoms with Gasteiger partial charge in [0.05, 0.1) is 5.75 Å². The molecule has 0 heterocycles. The molecule has 3 rings (SSSR count). The minimum atomic E-state index is -0.762. The number of rotatable bonds is 11. The van der Waals surface area contributed by atoms with Crippen molar-refractivity contribution in [3.8, 4) is 0 Å². The van der Waals surface area contributed by atoms with E-state index in [1.807, 2.05) is 75.4 Å². The first-order chi connectivity index (χ1) is 16.8. The smallest absolute Gasteiger partial charge is 0.243 e. The molecule has 0 aliphatic heterocycles. The molecule has 0 aromatic heterocycles. The van der Waals surface area contributed by atoms with E-state index in [0.717, 1.165) is 16.0 Å². The van der Waals surface area contributed by atoms with Gasteiger partial charge in [-0.2, -0.15) is 0 Å². The topological polar surface area (TPSA) is 49.4 Å². The second kappa shape index (κ2) is 13.1. The predicted molar refractivity (Wildman–Crippen MR) is 141 cm³/mol. The summed E-state index contributed by atoms with van der Waals surface area (Å²) in [6, 6.07) is 23.2. The van der Waals surface area contributed by atoms with Crippen LogP contribution >= 0.6 is 11.8 Å². The molecule has 0 radical (unpaired) electrons. The zero-order chi connectivity index (χ0) is 25.2. The fourth-order valence-corrected chi connectivity index (χ4v) is 4.43. The largest absolute Gasteiger partial charge is 0.354 e. The van der Waals surface area contributed by atoms with Crippen molar-refractivity contribution in [2.24, 2.45) is 5.92 Å². The van der Waals surface area contributed by atoms with Gasteiger partial charge >= 0.3 is 0 Å². The maximum absolute atomic E-state index is 14.6. The third-order valence-electron chi connectivity index (χ3n) is 5.64. The number of benzene rings is 3. The van der Waals surface area contributed by atoms with Gasteiger partial charge in [0.15, 0.2) is 0 Å². The Labute approximate surface area is 211 Å². The number of hydrogen-bond acceptors (Lipinski definition) is 3. The van der Waals surface area contributed by atoms with Gasteiger partial charge in [-0.05, 0) is 36.6 Å². The average Bonchev–Trinajstić information content (AvgIpc) is 2.85. The van der Waals surface area contributed by atoms with Crippen LogP contribution in [0.4, 0.5) is 4.39 Å². The van der Waals surface area contributed by atoms with Crippen LogP contribution < -0.4 is 5.32 Å². The average molecular weight is 493 g/mol. The quantitative estimate of drug-likeness (QED) is 0.353. The Morgan fingerprint density at radius 1 is 0.943 bits per heavy atom. The molecule has 35 heavy (non-hydrogen) atoms. The van der Waals surface area contributed by atoms with Gasteiger partial charge in [-0.25, -0.2) is 4.39 Å². The molecule has 0 aliphatic carbocycles. The molecule has 1 N–H and O–H groups in total. The van der Waals surface area contributed by atoms with Crippen LogP contribution in [0.1, 0.15) is 30.5 Å². The maximum Gasteiger partial charge on any atom is 0.243 e. The zero-order valence-corrected chi connectivity index (χ0v) is 21.4. The van der Waals surface area contributed by atoms with E-state index in [9.17, 15) is 14.0 Å². The summed E-state index contributed by atoms with van der Waals surface area (Å²) in [4.78, 5) is 29.5. The summed E-state index contributed by atoms with van der Waals surface area (Å²) < 4.78 is 14.6. The number of thioether (sulfide) groups is 1. The second-order valence-corrected chi connectivity index (χ2v) is 10.1. The van der Waals surface area contributed by atoms with Crippen LogP contribution in [0.5, 0.6) is 0 Å². The molecule has 0 spiro atoms. The van der Waals surface area contributed by atoms with Crippen LogP contribution in [0, 0.1) is 18.7 Å². The lowest BCUT2D eigenvalue weighted by molar-refractivity contribution is -0.139. The minimum Gasteiger partial charge on any atom is -0.354 e. The number of carbonyl (C=O) groups excluding carboxylic acids is 2. The van der Waals surface area contributed by atoms with Gasteiger partial charge in [0, 0.05) is 30.0 Å². The first kappa shape index (κ1) is 26.5. The number of carbonyl (C=O) groups is 2. The summed E-state index contributed by atoms with van der Waals surface area (Å²) in [6.45, 7) is 6.58. The van der Waals surface area contributed by atoms with E-state index in [1.54, 1.807) is 18.2 Å². The molecule has 0 saturated carbocycles. The molecule has 3 aromatic rings. The van der Waals surface area contributed by atoms with E-state index >= 15 is 0 Å². The van der Waals surface area contributed by atoms with Crippen LogP contribution in [-0.4, -0.2) is 35.1 Å². The van der Waals surface area contributed by atoms with Crippen LogP contribution in [0.3, 0.4) is 0 Å². The molecule has 6 heteroatoms. The summed E-state index contributed by atoms with van der Waals surface area (Å²) in [5.41, 5.74) is 2.47. The summed E-state index contributed by atoms with van der Waals surface area (Å²) >= 11 is 1.42. The highest BCUT2D eigenvalue weighted by Gasteiger charge is 2.31. The van der Waals surface area contributed by atoms with Crippen molar-refractivity contribution in [2.75, 3.05) is 12.3 Å². The highest BCUT2D eigenvalue weighted by atomic mass is 32.2. The Morgan fingerprint density at radius 3 is 2.26 bits per heavy atom. The van der Waals surface area contributed by atoms with Crippen LogP contribution in [0.25, 0.3) is 0 Å². The van der Waals surface area contributed by atoms with Crippen molar-refractivity contribution in [3.05, 3.63) is 101 Å². The van der Waals surface area contributed by atoms with Gasteiger partial charge in [-0.3, -0.25) is 9.59 Å². The van der Waals surface area contributed by atoms with Crippen molar-refractivity contribution in [1.29, 1.82) is 0 Å². The van der Waals surface area contributed by atoms with Crippen molar-refractivity contribution in [1.82, 2.24) is 10.2 Å². The fraction of sp³-hybridized carbons (Fsp3) is 0.310. The molecule has 1 atom stereocenters. The number of aryl methyl sites for hydroxylation is 1. The van der Waals surface area contributed by atoms with Crippen molar-refractivity contribution in [3.63, 3.8) is 0 Å². The van der Waals surface area contributed by atoms with Gasteiger partial charge in [0.2, 0.25) is 11.8 Å². The van der Waals surface area contributed by atoms with E-state index in [1.165, 1.54) is 22.7 Å². The first-order valence-electron chi connectivity index (χ1n) is 11.9. The molecular formula is C29H33FN2O2S. The summed E-state index contributed by atoms with van der Waals surface area (Å²) in [5, 5.41) is 2.98. The van der Waals surface area contributed by atoms with Crippen molar-refractivity contribution >= 4 is 23.6 Å². The molecule has 4 nitrogen and oxygen atoms in total. The van der Waals surface area contributed by atoms with Crippen molar-refractivity contribution < 1.29 is 14.0 Å². The van der Waals surface area contributed by atoms with E-state index in [-0.39, 0.29) is 30.0 Å². The van der Waals surface area contributed by atoms with Gasteiger partial charge in [0.25, 0.3) is 0 Å². The molecular weight excluding hydrogens is 459 g/mol. The van der Waals surface area contributed by atoms with E-state index in [4.69, 9.17) is 0 Å². The van der Waals surface area contributed by atoms with Gasteiger partial charge in [-0.1, -0.05) is 80.1 Å². The Balaban J connectivity index is 1.90. The zero-order valence-electron chi connectivity index (χ0n) is 20.5. The summed E-state index contributed by atoms with van der Waals surface area (Å²) in [7, 11) is 0. The first-order valence-corrected chi connectivity index (χ1v) is 12.9. The standard InChI is InChI=1S/C29H33FN2O2S/c1-21(2)18-31-29(34)27(17-23-9-5-4-6-10-23)32(19-24-11-7-8-12-26(24)30)28(33)20-35-25-15-13-22(3)14-16-25/h4-16,21,27H,17-20H2,1-3H3,(H,31,34). The van der Waals surface area contributed by atoms with Gasteiger partial charge < -0.3 is 10.2 Å². The Bertz CT molecular complexity index is 1100. The molecule has 0 bridgehead atoms. The highest BCUT2D eigenvalue weighted by molar-refractivity contribution is 8.00.